The molecule has 3 N–H and O–H groups in total. The molecule has 1 aromatic carbocycles. The molecule has 18 heavy (non-hydrogen) atoms. The Morgan fingerprint density at radius 3 is 2.67 bits per heavy atom. The number of hydrogen-bond acceptors (Lipinski definition) is 3. The topological polar surface area (TPSA) is 64.3 Å². The van der Waals surface area contributed by atoms with Gasteiger partial charge in [-0.2, -0.15) is 0 Å². The molecular formula is C13H19FN2O2. The van der Waals surface area contributed by atoms with E-state index in [0.717, 1.165) is 6.07 Å². The first-order chi connectivity index (χ1) is 8.35. The van der Waals surface area contributed by atoms with Crippen molar-refractivity contribution in [3.63, 3.8) is 0 Å². The lowest BCUT2D eigenvalue weighted by molar-refractivity contribution is 0.0230. The predicted molar refractivity (Wildman–Crippen MR) is 67.7 cm³/mol. The summed E-state index contributed by atoms with van der Waals surface area (Å²) in [7, 11) is 1.63. The molecule has 0 aliphatic carbocycles. The van der Waals surface area contributed by atoms with E-state index in [4.69, 9.17) is 10.5 Å². The molecule has 0 spiro atoms. The van der Waals surface area contributed by atoms with Crippen molar-refractivity contribution >= 4 is 5.91 Å². The van der Waals surface area contributed by atoms with Gasteiger partial charge in [-0.05, 0) is 26.0 Å². The second kappa shape index (κ2) is 5.93. The van der Waals surface area contributed by atoms with E-state index in [9.17, 15) is 9.18 Å². The number of halogens is 1. The minimum atomic E-state index is -0.631. The zero-order chi connectivity index (χ0) is 13.8. The summed E-state index contributed by atoms with van der Waals surface area (Å²) >= 11 is 0. The molecule has 4 nitrogen and oxygen atoms in total. The third-order valence-corrected chi connectivity index (χ3v) is 2.76. The zero-order valence-electron chi connectivity index (χ0n) is 10.9. The van der Waals surface area contributed by atoms with E-state index in [0.29, 0.717) is 18.7 Å². The van der Waals surface area contributed by atoms with Gasteiger partial charge in [-0.25, -0.2) is 4.39 Å². The van der Waals surface area contributed by atoms with Crippen LogP contribution >= 0.6 is 0 Å². The number of carbonyl (C=O) groups excluding carboxylic acids is 1. The minimum absolute atomic E-state index is 0.175. The Kier molecular flexibility index (Phi) is 4.81. The molecule has 0 atom stereocenters. The smallest absolute Gasteiger partial charge is 0.248 e. The van der Waals surface area contributed by atoms with E-state index in [-0.39, 0.29) is 11.2 Å². The average molecular weight is 254 g/mol. The molecule has 1 aromatic rings. The van der Waals surface area contributed by atoms with Crippen LogP contribution in [0.3, 0.4) is 0 Å². The number of hydrogen-bond donors (Lipinski definition) is 2. The van der Waals surface area contributed by atoms with Gasteiger partial charge in [0.1, 0.15) is 5.82 Å². The number of ether oxygens (including phenoxy) is 1. The van der Waals surface area contributed by atoms with Gasteiger partial charge in [0.15, 0.2) is 0 Å². The quantitative estimate of drug-likeness (QED) is 0.807. The molecule has 0 saturated carbocycles. The van der Waals surface area contributed by atoms with Gasteiger partial charge in [0.25, 0.3) is 0 Å². The second-order valence-corrected chi connectivity index (χ2v) is 4.74. The van der Waals surface area contributed by atoms with Crippen LogP contribution < -0.4 is 11.1 Å². The molecule has 0 unspecified atom stereocenters. The fraction of sp³-hybridized carbons (Fsp3) is 0.462. The Morgan fingerprint density at radius 1 is 1.50 bits per heavy atom. The first-order valence-corrected chi connectivity index (χ1v) is 5.70. The summed E-state index contributed by atoms with van der Waals surface area (Å²) in [4.78, 5) is 10.9. The average Bonchev–Trinajstić information content (AvgIpc) is 2.31. The van der Waals surface area contributed by atoms with E-state index in [1.165, 1.54) is 6.07 Å². The Bertz CT molecular complexity index is 433. The third kappa shape index (κ3) is 4.09. The molecule has 0 bridgehead atoms. The van der Waals surface area contributed by atoms with Crippen LogP contribution in [-0.2, 0) is 11.3 Å². The third-order valence-electron chi connectivity index (χ3n) is 2.76. The fourth-order valence-corrected chi connectivity index (χ4v) is 1.41. The second-order valence-electron chi connectivity index (χ2n) is 4.74. The van der Waals surface area contributed by atoms with E-state index in [1.54, 1.807) is 13.2 Å². The van der Waals surface area contributed by atoms with Crippen LogP contribution in [0.25, 0.3) is 0 Å². The van der Waals surface area contributed by atoms with Crippen LogP contribution in [0.4, 0.5) is 4.39 Å². The van der Waals surface area contributed by atoms with Gasteiger partial charge in [-0.3, -0.25) is 4.79 Å². The summed E-state index contributed by atoms with van der Waals surface area (Å²) in [5, 5.41) is 3.10. The van der Waals surface area contributed by atoms with Crippen LogP contribution in [0, 0.1) is 5.82 Å². The normalized spacial score (nSPS) is 11.6. The van der Waals surface area contributed by atoms with Gasteiger partial charge in [0.2, 0.25) is 5.91 Å². The molecule has 0 saturated heterocycles. The van der Waals surface area contributed by atoms with Gasteiger partial charge in [0, 0.05) is 31.3 Å². The van der Waals surface area contributed by atoms with Crippen LogP contribution in [0.1, 0.15) is 29.8 Å². The van der Waals surface area contributed by atoms with Crippen LogP contribution in [0.15, 0.2) is 18.2 Å². The first-order valence-electron chi connectivity index (χ1n) is 5.70. The van der Waals surface area contributed by atoms with Crippen molar-refractivity contribution in [3.05, 3.63) is 35.1 Å². The molecule has 1 amide bonds. The van der Waals surface area contributed by atoms with Gasteiger partial charge in [-0.15, -0.1) is 0 Å². The molecule has 0 aliphatic rings. The van der Waals surface area contributed by atoms with Gasteiger partial charge >= 0.3 is 0 Å². The van der Waals surface area contributed by atoms with E-state index < -0.39 is 11.7 Å². The van der Waals surface area contributed by atoms with Crippen molar-refractivity contribution < 1.29 is 13.9 Å². The molecule has 0 heterocycles. The summed E-state index contributed by atoms with van der Waals surface area (Å²) in [5.41, 5.74) is 5.44. The zero-order valence-corrected chi connectivity index (χ0v) is 10.9. The molecule has 100 valence electrons. The summed E-state index contributed by atoms with van der Waals surface area (Å²) in [6, 6.07) is 4.23. The van der Waals surface area contributed by atoms with Crippen molar-refractivity contribution in [3.8, 4) is 0 Å². The maximum Gasteiger partial charge on any atom is 0.248 e. The standard InChI is InChI=1S/C13H19FN2O2/c1-13(2,18-3)8-16-7-10-5-4-9(12(15)17)6-11(10)14/h4-6,16H,7-8H2,1-3H3,(H2,15,17). The lowest BCUT2D eigenvalue weighted by Gasteiger charge is -2.23. The Morgan fingerprint density at radius 2 is 2.17 bits per heavy atom. The van der Waals surface area contributed by atoms with Crippen molar-refractivity contribution in [2.75, 3.05) is 13.7 Å². The van der Waals surface area contributed by atoms with Gasteiger partial charge < -0.3 is 15.8 Å². The Balaban J connectivity index is 2.61. The molecular weight excluding hydrogens is 235 g/mol. The number of nitrogens with two attached hydrogens (primary N) is 1. The van der Waals surface area contributed by atoms with Crippen molar-refractivity contribution in [2.45, 2.75) is 26.0 Å². The predicted octanol–water partition coefficient (Wildman–Crippen LogP) is 1.44. The summed E-state index contributed by atoms with van der Waals surface area (Å²) in [6.45, 7) is 4.84. The minimum Gasteiger partial charge on any atom is -0.377 e. The summed E-state index contributed by atoms with van der Waals surface area (Å²) in [5.74, 6) is -1.07. The maximum atomic E-state index is 13.6. The number of rotatable bonds is 6. The highest BCUT2D eigenvalue weighted by Gasteiger charge is 2.15. The monoisotopic (exact) mass is 254 g/mol. The number of nitrogens with one attached hydrogen (secondary N) is 1. The SMILES string of the molecule is COC(C)(C)CNCc1ccc(C(N)=O)cc1F. The van der Waals surface area contributed by atoms with Gasteiger partial charge in [-0.1, -0.05) is 6.07 Å². The van der Waals surface area contributed by atoms with Crippen molar-refractivity contribution in [1.82, 2.24) is 5.32 Å². The van der Waals surface area contributed by atoms with Crippen molar-refractivity contribution in [1.29, 1.82) is 0 Å². The number of amides is 1. The van der Waals surface area contributed by atoms with E-state index in [1.807, 2.05) is 13.8 Å². The maximum absolute atomic E-state index is 13.6. The summed E-state index contributed by atoms with van der Waals surface area (Å²) < 4.78 is 18.9. The molecule has 0 fully saturated rings. The molecule has 0 aromatic heterocycles. The highest BCUT2D eigenvalue weighted by Crippen LogP contribution is 2.11. The van der Waals surface area contributed by atoms with E-state index in [2.05, 4.69) is 5.32 Å². The summed E-state index contributed by atoms with van der Waals surface area (Å²) in [6.07, 6.45) is 0. The Labute approximate surface area is 106 Å². The van der Waals surface area contributed by atoms with Crippen LogP contribution in [-0.4, -0.2) is 25.2 Å². The molecule has 1 rings (SSSR count). The molecule has 5 heteroatoms. The van der Waals surface area contributed by atoms with Crippen LogP contribution in [0.5, 0.6) is 0 Å². The van der Waals surface area contributed by atoms with Gasteiger partial charge in [0.05, 0.1) is 5.60 Å². The Hall–Kier alpha value is -1.46. The lowest BCUT2D eigenvalue weighted by atomic mass is 10.1. The number of benzene rings is 1. The lowest BCUT2D eigenvalue weighted by Crippen LogP contribution is -2.36. The van der Waals surface area contributed by atoms with E-state index >= 15 is 0 Å². The fourth-order valence-electron chi connectivity index (χ4n) is 1.41. The van der Waals surface area contributed by atoms with Crippen LogP contribution in [0.2, 0.25) is 0 Å². The highest BCUT2D eigenvalue weighted by atomic mass is 19.1. The number of primary amides is 1. The largest absolute Gasteiger partial charge is 0.377 e. The highest BCUT2D eigenvalue weighted by molar-refractivity contribution is 5.92. The number of carbonyl (C=O) groups is 1. The first kappa shape index (κ1) is 14.6. The number of methoxy groups -OCH3 is 1. The molecule has 0 aliphatic heterocycles. The molecule has 0 radical (unpaired) electrons. The van der Waals surface area contributed by atoms with Crippen molar-refractivity contribution in [2.24, 2.45) is 5.73 Å².